The largest absolute Gasteiger partial charge is 0.477 e. The van der Waals surface area contributed by atoms with Crippen LogP contribution < -0.4 is 26.5 Å². The maximum atomic E-state index is 14.2. The van der Waals surface area contributed by atoms with Gasteiger partial charge in [-0.3, -0.25) is 29.4 Å². The molecule has 0 aliphatic rings. The lowest BCUT2D eigenvalue weighted by Gasteiger charge is -2.32. The van der Waals surface area contributed by atoms with Crippen LogP contribution in [0.2, 0.25) is 5.02 Å². The Bertz CT molecular complexity index is 1950. The number of esters is 1. The Hall–Kier alpha value is -5.66. The molecule has 3 aromatic carbocycles. The molecule has 0 bridgehead atoms. The van der Waals surface area contributed by atoms with E-state index in [0.717, 1.165) is 12.1 Å². The van der Waals surface area contributed by atoms with Crippen LogP contribution in [0.15, 0.2) is 42.5 Å². The molecule has 0 fully saturated rings. The number of amides is 4. The number of alkyl halides is 3. The molecular weight excluding hydrogens is 778 g/mol. The van der Waals surface area contributed by atoms with E-state index in [4.69, 9.17) is 22.1 Å². The number of benzene rings is 3. The Balaban J connectivity index is 2.02. The van der Waals surface area contributed by atoms with Crippen LogP contribution in [0.3, 0.4) is 0 Å². The van der Waals surface area contributed by atoms with Crippen molar-refractivity contribution in [2.75, 3.05) is 25.5 Å². The highest BCUT2D eigenvalue weighted by molar-refractivity contribution is 6.33. The van der Waals surface area contributed by atoms with Crippen LogP contribution in [0.4, 0.5) is 40.8 Å². The fourth-order valence-corrected chi connectivity index (χ4v) is 4.81. The standard InChI is InChI=1S/C34H32ClF8N5O7/c1-5-54-21(50)13-48(20(49)14-55-28-25(39)23(37)22(36)24(38)26(28)40)47-31(52)27(15-7-6-8-17(11-15)34(41,42)43)45-32(53)29(33(2,3)4)46-30(51)16-9-10-19(44)18(35)12-16/h6-12,27,29H,5,13-14,44H2,1-4H3,(H,45,53)(H,46,51)(H,47,52). The Labute approximate surface area is 312 Å². The lowest BCUT2D eigenvalue weighted by Crippen LogP contribution is -2.57. The minimum absolute atomic E-state index is 0.00488. The highest BCUT2D eigenvalue weighted by Crippen LogP contribution is 2.32. The average molecular weight is 810 g/mol. The maximum absolute atomic E-state index is 14.2. The first-order valence-electron chi connectivity index (χ1n) is 15.7. The molecule has 0 aliphatic heterocycles. The molecular formula is C34H32ClF8N5O7. The molecule has 0 radical (unpaired) electrons. The molecule has 4 amide bonds. The Morgan fingerprint density at radius 1 is 0.855 bits per heavy atom. The zero-order chi connectivity index (χ0) is 41.6. The van der Waals surface area contributed by atoms with E-state index in [1.807, 2.05) is 5.43 Å². The van der Waals surface area contributed by atoms with Gasteiger partial charge in [0, 0.05) is 5.56 Å². The van der Waals surface area contributed by atoms with E-state index in [1.54, 1.807) is 0 Å². The number of hydrogen-bond donors (Lipinski definition) is 4. The second kappa shape index (κ2) is 17.7. The van der Waals surface area contributed by atoms with Crippen molar-refractivity contribution in [1.29, 1.82) is 0 Å². The molecule has 3 rings (SSSR count). The number of anilines is 1. The Morgan fingerprint density at radius 2 is 1.45 bits per heavy atom. The van der Waals surface area contributed by atoms with Crippen LogP contribution in [0.25, 0.3) is 0 Å². The molecule has 0 aromatic heterocycles. The first-order valence-corrected chi connectivity index (χ1v) is 16.1. The first kappa shape index (κ1) is 43.7. The Morgan fingerprint density at radius 3 is 2.00 bits per heavy atom. The fourth-order valence-electron chi connectivity index (χ4n) is 4.63. The normalized spacial score (nSPS) is 12.6. The summed E-state index contributed by atoms with van der Waals surface area (Å²) in [5, 5.41) is 4.80. The van der Waals surface area contributed by atoms with Gasteiger partial charge in [-0.15, -0.1) is 0 Å². The third-order valence-electron chi connectivity index (χ3n) is 7.41. The van der Waals surface area contributed by atoms with Gasteiger partial charge in [-0.2, -0.15) is 22.0 Å². The molecule has 55 heavy (non-hydrogen) atoms. The molecule has 0 saturated heterocycles. The van der Waals surface area contributed by atoms with Gasteiger partial charge in [-0.05, 0) is 48.2 Å². The molecule has 12 nitrogen and oxygen atoms in total. The van der Waals surface area contributed by atoms with E-state index >= 15 is 0 Å². The Kier molecular flexibility index (Phi) is 14.0. The lowest BCUT2D eigenvalue weighted by atomic mass is 9.85. The minimum atomic E-state index is -4.96. The van der Waals surface area contributed by atoms with Crippen molar-refractivity contribution < 1.29 is 68.6 Å². The van der Waals surface area contributed by atoms with Crippen molar-refractivity contribution in [3.05, 3.63) is 93.3 Å². The number of hydrazine groups is 1. The summed E-state index contributed by atoms with van der Waals surface area (Å²) in [5.74, 6) is -20.5. The zero-order valence-corrected chi connectivity index (χ0v) is 29.9. The van der Waals surface area contributed by atoms with Crippen LogP contribution in [0.1, 0.15) is 55.2 Å². The van der Waals surface area contributed by atoms with Crippen LogP contribution >= 0.6 is 11.6 Å². The summed E-state index contributed by atoms with van der Waals surface area (Å²) in [6.45, 7) is 2.77. The number of halogens is 9. The third kappa shape index (κ3) is 11.0. The number of nitrogen functional groups attached to an aromatic ring is 1. The summed E-state index contributed by atoms with van der Waals surface area (Å²) < 4.78 is 120. The summed E-state index contributed by atoms with van der Waals surface area (Å²) >= 11 is 6.01. The number of nitrogens with one attached hydrogen (secondary N) is 3. The molecule has 0 heterocycles. The second-order valence-corrected chi connectivity index (χ2v) is 12.9. The molecule has 0 saturated carbocycles. The maximum Gasteiger partial charge on any atom is 0.416 e. The number of nitrogens with two attached hydrogens (primary N) is 1. The van der Waals surface area contributed by atoms with Crippen LogP contribution in [0, 0.1) is 34.5 Å². The topological polar surface area (TPSA) is 169 Å². The number of ether oxygens (including phenoxy) is 2. The molecule has 298 valence electrons. The van der Waals surface area contributed by atoms with E-state index < -0.39 is 112 Å². The van der Waals surface area contributed by atoms with Gasteiger partial charge in [-0.25, -0.2) is 18.2 Å². The molecule has 3 aromatic rings. The van der Waals surface area contributed by atoms with Crippen molar-refractivity contribution in [3.8, 4) is 5.75 Å². The number of carbonyl (C=O) groups is 5. The van der Waals surface area contributed by atoms with Crippen molar-refractivity contribution in [2.45, 2.75) is 46.0 Å². The van der Waals surface area contributed by atoms with Crippen molar-refractivity contribution >= 4 is 46.9 Å². The number of nitrogens with zero attached hydrogens (tertiary/aromatic N) is 1. The van der Waals surface area contributed by atoms with E-state index in [-0.39, 0.29) is 27.9 Å². The van der Waals surface area contributed by atoms with Gasteiger partial charge in [0.2, 0.25) is 35.0 Å². The second-order valence-electron chi connectivity index (χ2n) is 12.5. The molecule has 2 atom stereocenters. The van der Waals surface area contributed by atoms with E-state index in [0.29, 0.717) is 12.1 Å². The smallest absolute Gasteiger partial charge is 0.416 e. The van der Waals surface area contributed by atoms with E-state index in [1.165, 1.54) is 45.9 Å². The quantitative estimate of drug-likeness (QED) is 0.0487. The summed E-state index contributed by atoms with van der Waals surface area (Å²) in [6.07, 6.45) is -4.96. The SMILES string of the molecule is CCOC(=O)CN(NC(=O)C(NC(=O)C(NC(=O)c1ccc(N)c(Cl)c1)C(C)(C)C)c1cccc(C(F)(F)F)c1)C(=O)COc1c(F)c(F)c(F)c(F)c1F. The van der Waals surface area contributed by atoms with Crippen molar-refractivity contribution in [1.82, 2.24) is 21.1 Å². The number of rotatable bonds is 12. The molecule has 0 spiro atoms. The van der Waals surface area contributed by atoms with E-state index in [2.05, 4.69) is 15.4 Å². The van der Waals surface area contributed by atoms with Gasteiger partial charge in [0.05, 0.1) is 22.9 Å². The number of carbonyl (C=O) groups excluding carboxylic acids is 5. The first-order chi connectivity index (χ1) is 25.5. The zero-order valence-electron chi connectivity index (χ0n) is 29.1. The van der Waals surface area contributed by atoms with Gasteiger partial charge in [0.25, 0.3) is 17.7 Å². The summed E-state index contributed by atoms with van der Waals surface area (Å²) in [5.41, 5.74) is 4.68. The van der Waals surface area contributed by atoms with Gasteiger partial charge in [0.15, 0.2) is 12.4 Å². The molecule has 21 heteroatoms. The highest BCUT2D eigenvalue weighted by Gasteiger charge is 2.38. The monoisotopic (exact) mass is 809 g/mol. The lowest BCUT2D eigenvalue weighted by molar-refractivity contribution is -0.154. The fraction of sp³-hybridized carbons (Fsp3) is 0.324. The van der Waals surface area contributed by atoms with Gasteiger partial charge in [-0.1, -0.05) is 44.5 Å². The average Bonchev–Trinajstić information content (AvgIpc) is 3.10. The highest BCUT2D eigenvalue weighted by atomic mass is 35.5. The predicted octanol–water partition coefficient (Wildman–Crippen LogP) is 5.14. The molecule has 5 N–H and O–H groups in total. The third-order valence-corrected chi connectivity index (χ3v) is 7.74. The summed E-state index contributed by atoms with van der Waals surface area (Å²) in [4.78, 5) is 66.3. The van der Waals surface area contributed by atoms with Gasteiger partial charge < -0.3 is 25.8 Å². The van der Waals surface area contributed by atoms with Gasteiger partial charge >= 0.3 is 12.1 Å². The summed E-state index contributed by atoms with van der Waals surface area (Å²) in [6, 6.07) is 3.14. The molecule has 0 aliphatic carbocycles. The van der Waals surface area contributed by atoms with E-state index in [9.17, 15) is 59.1 Å². The van der Waals surface area contributed by atoms with Crippen molar-refractivity contribution in [3.63, 3.8) is 0 Å². The summed E-state index contributed by atoms with van der Waals surface area (Å²) in [7, 11) is 0. The van der Waals surface area contributed by atoms with Crippen molar-refractivity contribution in [2.24, 2.45) is 5.41 Å². The van der Waals surface area contributed by atoms with Gasteiger partial charge in [0.1, 0.15) is 18.6 Å². The minimum Gasteiger partial charge on any atom is -0.477 e. The number of hydrogen-bond acceptors (Lipinski definition) is 8. The van der Waals surface area contributed by atoms with Crippen LogP contribution in [-0.4, -0.2) is 60.4 Å². The van der Waals surface area contributed by atoms with Crippen LogP contribution in [0.5, 0.6) is 5.75 Å². The van der Waals surface area contributed by atoms with Crippen LogP contribution in [-0.2, 0) is 30.1 Å². The predicted molar refractivity (Wildman–Crippen MR) is 177 cm³/mol. The molecule has 2 unspecified atom stereocenters.